The Morgan fingerprint density at radius 3 is 2.62 bits per heavy atom. The topological polar surface area (TPSA) is 81.1 Å². The quantitative estimate of drug-likeness (QED) is 0.794. The number of carboxylic acid groups (broad SMARTS) is 1. The molecule has 3 aromatic rings. The van der Waals surface area contributed by atoms with E-state index in [1.165, 1.54) is 22.9 Å². The van der Waals surface area contributed by atoms with Gasteiger partial charge in [-0.2, -0.15) is 5.10 Å². The van der Waals surface area contributed by atoms with Gasteiger partial charge in [0.25, 0.3) is 0 Å². The van der Waals surface area contributed by atoms with Crippen molar-refractivity contribution in [2.24, 2.45) is 7.05 Å². The standard InChI is InChI=1S/C17H14FN3O3/c1-10-14(8-7-13-9-15(17(22)23)21(2)19-13)16(20-24-10)11-3-5-12(18)6-4-11/h3-9H,1-2H3,(H,22,23)/b8-7+. The van der Waals surface area contributed by atoms with Crippen LogP contribution in [0.3, 0.4) is 0 Å². The van der Waals surface area contributed by atoms with Gasteiger partial charge in [0.15, 0.2) is 0 Å². The van der Waals surface area contributed by atoms with E-state index in [2.05, 4.69) is 10.3 Å². The Labute approximate surface area is 136 Å². The number of hydrogen-bond donors (Lipinski definition) is 1. The number of aryl methyl sites for hydroxylation is 2. The van der Waals surface area contributed by atoms with Gasteiger partial charge in [-0.25, -0.2) is 9.18 Å². The molecule has 1 N–H and O–H groups in total. The first-order valence-electron chi connectivity index (χ1n) is 7.13. The molecule has 7 heteroatoms. The third-order valence-corrected chi connectivity index (χ3v) is 3.56. The van der Waals surface area contributed by atoms with Gasteiger partial charge in [0.05, 0.1) is 5.69 Å². The molecular formula is C17H14FN3O3. The second-order valence-electron chi connectivity index (χ2n) is 5.22. The largest absolute Gasteiger partial charge is 0.477 e. The molecule has 1 aromatic carbocycles. The molecular weight excluding hydrogens is 313 g/mol. The molecule has 0 spiro atoms. The molecule has 0 saturated carbocycles. The van der Waals surface area contributed by atoms with Crippen LogP contribution in [0.4, 0.5) is 4.39 Å². The maximum absolute atomic E-state index is 13.1. The average molecular weight is 327 g/mol. The van der Waals surface area contributed by atoms with Gasteiger partial charge in [-0.05, 0) is 49.4 Å². The highest BCUT2D eigenvalue weighted by Crippen LogP contribution is 2.27. The van der Waals surface area contributed by atoms with Crippen LogP contribution in [0.2, 0.25) is 0 Å². The number of hydrogen-bond acceptors (Lipinski definition) is 4. The van der Waals surface area contributed by atoms with Crippen molar-refractivity contribution in [2.45, 2.75) is 6.92 Å². The first-order chi connectivity index (χ1) is 11.5. The lowest BCUT2D eigenvalue weighted by Gasteiger charge is -1.98. The van der Waals surface area contributed by atoms with Crippen molar-refractivity contribution >= 4 is 18.1 Å². The molecule has 0 aliphatic heterocycles. The lowest BCUT2D eigenvalue weighted by molar-refractivity contribution is 0.0685. The highest BCUT2D eigenvalue weighted by Gasteiger charge is 2.14. The number of rotatable bonds is 4. The van der Waals surface area contributed by atoms with Crippen LogP contribution < -0.4 is 0 Å². The Balaban J connectivity index is 1.96. The van der Waals surface area contributed by atoms with Gasteiger partial charge in [-0.15, -0.1) is 0 Å². The molecule has 6 nitrogen and oxygen atoms in total. The van der Waals surface area contributed by atoms with Crippen molar-refractivity contribution in [3.8, 4) is 11.3 Å². The van der Waals surface area contributed by atoms with E-state index in [4.69, 9.17) is 9.63 Å². The number of benzene rings is 1. The Morgan fingerprint density at radius 1 is 1.29 bits per heavy atom. The zero-order valence-electron chi connectivity index (χ0n) is 13.0. The molecule has 2 heterocycles. The number of nitrogens with zero attached hydrogens (tertiary/aromatic N) is 3. The van der Waals surface area contributed by atoms with Crippen LogP contribution in [0.25, 0.3) is 23.4 Å². The number of carboxylic acids is 1. The van der Waals surface area contributed by atoms with Crippen LogP contribution in [-0.4, -0.2) is 26.0 Å². The van der Waals surface area contributed by atoms with E-state index in [0.29, 0.717) is 17.1 Å². The molecule has 122 valence electrons. The van der Waals surface area contributed by atoms with Crippen molar-refractivity contribution < 1.29 is 18.8 Å². The van der Waals surface area contributed by atoms with Crippen molar-refractivity contribution in [3.05, 3.63) is 58.9 Å². The highest BCUT2D eigenvalue weighted by molar-refractivity contribution is 5.87. The fourth-order valence-corrected chi connectivity index (χ4v) is 2.33. The van der Waals surface area contributed by atoms with Crippen molar-refractivity contribution in [1.29, 1.82) is 0 Å². The Morgan fingerprint density at radius 2 is 2.00 bits per heavy atom. The molecule has 0 aliphatic rings. The number of carbonyl (C=O) groups is 1. The zero-order valence-corrected chi connectivity index (χ0v) is 13.0. The maximum Gasteiger partial charge on any atom is 0.354 e. The molecule has 24 heavy (non-hydrogen) atoms. The Hall–Kier alpha value is -3.22. The molecule has 0 fully saturated rings. The van der Waals surface area contributed by atoms with Crippen LogP contribution in [0.5, 0.6) is 0 Å². The second kappa shape index (κ2) is 6.11. The van der Waals surface area contributed by atoms with Gasteiger partial charge >= 0.3 is 5.97 Å². The second-order valence-corrected chi connectivity index (χ2v) is 5.22. The van der Waals surface area contributed by atoms with Gasteiger partial charge in [-0.1, -0.05) is 5.16 Å². The summed E-state index contributed by atoms with van der Waals surface area (Å²) in [7, 11) is 1.56. The van der Waals surface area contributed by atoms with Crippen molar-refractivity contribution in [3.63, 3.8) is 0 Å². The van der Waals surface area contributed by atoms with Gasteiger partial charge in [0.1, 0.15) is 23.0 Å². The molecule has 0 atom stereocenters. The molecule has 2 aromatic heterocycles. The van der Waals surface area contributed by atoms with E-state index in [1.807, 2.05) is 0 Å². The van der Waals surface area contributed by atoms with E-state index >= 15 is 0 Å². The fraction of sp³-hybridized carbons (Fsp3) is 0.118. The molecule has 0 amide bonds. The minimum absolute atomic E-state index is 0.0930. The number of aromatic nitrogens is 3. The number of halogens is 1. The number of aromatic carboxylic acids is 1. The molecule has 0 bridgehead atoms. The average Bonchev–Trinajstić information content (AvgIpc) is 3.09. The Bertz CT molecular complexity index is 923. The first-order valence-corrected chi connectivity index (χ1v) is 7.13. The SMILES string of the molecule is Cc1onc(-c2ccc(F)cc2)c1/C=C/c1cc(C(=O)O)n(C)n1. The molecule has 0 radical (unpaired) electrons. The van der Waals surface area contributed by atoms with Crippen LogP contribution in [0, 0.1) is 12.7 Å². The van der Waals surface area contributed by atoms with Crippen molar-refractivity contribution in [2.75, 3.05) is 0 Å². The minimum atomic E-state index is -1.04. The smallest absolute Gasteiger partial charge is 0.354 e. The van der Waals surface area contributed by atoms with Gasteiger partial charge in [-0.3, -0.25) is 4.68 Å². The summed E-state index contributed by atoms with van der Waals surface area (Å²) in [4.78, 5) is 11.0. The van der Waals surface area contributed by atoms with E-state index in [0.717, 1.165) is 11.1 Å². The lowest BCUT2D eigenvalue weighted by atomic mass is 10.1. The van der Waals surface area contributed by atoms with E-state index in [-0.39, 0.29) is 11.5 Å². The normalized spacial score (nSPS) is 11.3. The lowest BCUT2D eigenvalue weighted by Crippen LogP contribution is -2.04. The third kappa shape index (κ3) is 2.96. The van der Waals surface area contributed by atoms with Gasteiger partial charge in [0.2, 0.25) is 0 Å². The summed E-state index contributed by atoms with van der Waals surface area (Å²) < 4.78 is 19.6. The van der Waals surface area contributed by atoms with Crippen LogP contribution in [0.15, 0.2) is 34.9 Å². The Kier molecular flexibility index (Phi) is 3.99. The molecule has 3 rings (SSSR count). The van der Waals surface area contributed by atoms with Crippen LogP contribution >= 0.6 is 0 Å². The summed E-state index contributed by atoms with van der Waals surface area (Å²) in [5, 5.41) is 17.2. The third-order valence-electron chi connectivity index (χ3n) is 3.56. The van der Waals surface area contributed by atoms with Gasteiger partial charge in [0, 0.05) is 18.2 Å². The van der Waals surface area contributed by atoms with E-state index in [1.54, 1.807) is 38.3 Å². The molecule has 0 aliphatic carbocycles. The summed E-state index contributed by atoms with van der Waals surface area (Å²) in [5.74, 6) is -0.775. The molecule has 0 saturated heterocycles. The zero-order chi connectivity index (χ0) is 17.3. The summed E-state index contributed by atoms with van der Waals surface area (Å²) in [6, 6.07) is 7.41. The fourth-order valence-electron chi connectivity index (χ4n) is 2.33. The minimum Gasteiger partial charge on any atom is -0.477 e. The highest BCUT2D eigenvalue weighted by atomic mass is 19.1. The van der Waals surface area contributed by atoms with Crippen molar-refractivity contribution in [1.82, 2.24) is 14.9 Å². The summed E-state index contributed by atoms with van der Waals surface area (Å²) in [6.07, 6.45) is 3.43. The monoisotopic (exact) mass is 327 g/mol. The first kappa shape index (κ1) is 15.7. The van der Waals surface area contributed by atoms with Crippen LogP contribution in [0.1, 0.15) is 27.5 Å². The van der Waals surface area contributed by atoms with Crippen LogP contribution in [-0.2, 0) is 7.05 Å². The van der Waals surface area contributed by atoms with Gasteiger partial charge < -0.3 is 9.63 Å². The predicted molar refractivity (Wildman–Crippen MR) is 85.7 cm³/mol. The van der Waals surface area contributed by atoms with E-state index in [9.17, 15) is 9.18 Å². The summed E-state index contributed by atoms with van der Waals surface area (Å²) in [6.45, 7) is 1.76. The summed E-state index contributed by atoms with van der Waals surface area (Å²) >= 11 is 0. The van der Waals surface area contributed by atoms with E-state index < -0.39 is 5.97 Å². The molecule has 0 unspecified atom stereocenters. The maximum atomic E-state index is 13.1. The predicted octanol–water partition coefficient (Wildman–Crippen LogP) is 3.39. The summed E-state index contributed by atoms with van der Waals surface area (Å²) in [5.41, 5.74) is 2.62.